The number of carbonyl (C=O) groups excluding carboxylic acids is 2. The molecule has 1 atom stereocenters. The first-order chi connectivity index (χ1) is 9.35. The molecule has 0 saturated heterocycles. The first-order valence-electron chi connectivity index (χ1n) is 5.48. The average molecular weight is 302 g/mol. The monoisotopic (exact) mass is 301 g/mol. The average Bonchev–Trinajstić information content (AvgIpc) is 2.37. The first-order valence-corrected chi connectivity index (χ1v) is 5.86. The van der Waals surface area contributed by atoms with Crippen LogP contribution in [0, 0.1) is 10.1 Å². The third-order valence-electron chi connectivity index (χ3n) is 2.26. The number of nitrogens with one attached hydrogen (secondary N) is 2. The molecule has 9 heteroatoms. The molecule has 0 aliphatic carbocycles. The van der Waals surface area contributed by atoms with Crippen LogP contribution in [0.25, 0.3) is 0 Å². The van der Waals surface area contributed by atoms with Gasteiger partial charge < -0.3 is 10.1 Å². The maximum Gasteiger partial charge on any atom is 0.321 e. The Balaban J connectivity index is 2.73. The number of nitro groups is 1. The van der Waals surface area contributed by atoms with Gasteiger partial charge in [0.2, 0.25) is 0 Å². The Morgan fingerprint density at radius 1 is 1.45 bits per heavy atom. The summed E-state index contributed by atoms with van der Waals surface area (Å²) in [4.78, 5) is 32.5. The zero-order valence-corrected chi connectivity index (χ0v) is 11.4. The van der Waals surface area contributed by atoms with E-state index in [4.69, 9.17) is 16.3 Å². The summed E-state index contributed by atoms with van der Waals surface area (Å²) in [6, 6.07) is 3.05. The van der Waals surface area contributed by atoms with Gasteiger partial charge in [-0.2, -0.15) is 0 Å². The predicted molar refractivity (Wildman–Crippen MR) is 70.8 cm³/mol. The second kappa shape index (κ2) is 6.71. The lowest BCUT2D eigenvalue weighted by atomic mass is 10.3. The lowest BCUT2D eigenvalue weighted by molar-refractivity contribution is -0.384. The fourth-order valence-electron chi connectivity index (χ4n) is 1.24. The molecule has 0 radical (unpaired) electrons. The second-order valence-corrected chi connectivity index (χ2v) is 4.11. The molecule has 1 unspecified atom stereocenters. The quantitative estimate of drug-likeness (QED) is 0.646. The van der Waals surface area contributed by atoms with Crippen LogP contribution >= 0.6 is 11.6 Å². The van der Waals surface area contributed by atoms with Crippen molar-refractivity contribution in [2.45, 2.75) is 13.0 Å². The summed E-state index contributed by atoms with van der Waals surface area (Å²) in [5, 5.41) is 14.7. The van der Waals surface area contributed by atoms with Gasteiger partial charge in [-0.3, -0.25) is 20.2 Å². The zero-order chi connectivity index (χ0) is 15.3. The summed E-state index contributed by atoms with van der Waals surface area (Å²) in [5.41, 5.74) is -0.263. The van der Waals surface area contributed by atoms with Crippen LogP contribution in [0.4, 0.5) is 10.5 Å². The van der Waals surface area contributed by atoms with Gasteiger partial charge in [0.05, 0.1) is 4.92 Å². The number of imide groups is 1. The maximum absolute atomic E-state index is 11.5. The molecule has 0 aliphatic rings. The number of benzene rings is 1. The Labute approximate surface area is 119 Å². The van der Waals surface area contributed by atoms with E-state index < -0.39 is 23.0 Å². The highest BCUT2D eigenvalue weighted by Gasteiger charge is 2.18. The van der Waals surface area contributed by atoms with Crippen molar-refractivity contribution in [3.8, 4) is 5.75 Å². The molecule has 0 spiro atoms. The molecule has 0 aliphatic heterocycles. The molecular weight excluding hydrogens is 290 g/mol. The van der Waals surface area contributed by atoms with E-state index in [1.165, 1.54) is 32.2 Å². The van der Waals surface area contributed by atoms with Crippen molar-refractivity contribution in [3.05, 3.63) is 33.3 Å². The fraction of sp³-hybridized carbons (Fsp3) is 0.273. The summed E-state index contributed by atoms with van der Waals surface area (Å²) >= 11 is 5.71. The van der Waals surface area contributed by atoms with Crippen molar-refractivity contribution in [2.24, 2.45) is 0 Å². The fourth-order valence-corrected chi connectivity index (χ4v) is 1.48. The largest absolute Gasteiger partial charge is 0.481 e. The minimum atomic E-state index is -0.968. The molecule has 20 heavy (non-hydrogen) atoms. The minimum absolute atomic E-state index is 0.105. The highest BCUT2D eigenvalue weighted by atomic mass is 35.5. The molecule has 0 heterocycles. The summed E-state index contributed by atoms with van der Waals surface area (Å²) in [7, 11) is 1.37. The number of halogens is 1. The highest BCUT2D eigenvalue weighted by molar-refractivity contribution is 6.32. The van der Waals surface area contributed by atoms with Gasteiger partial charge in [0.1, 0.15) is 10.8 Å². The molecule has 0 saturated carbocycles. The number of ether oxygens (including phenoxy) is 1. The normalized spacial score (nSPS) is 11.3. The molecule has 0 aromatic heterocycles. The number of carbonyl (C=O) groups is 2. The molecule has 0 fully saturated rings. The van der Waals surface area contributed by atoms with E-state index in [9.17, 15) is 19.7 Å². The molecule has 1 aromatic rings. The van der Waals surface area contributed by atoms with Crippen LogP contribution in [0.5, 0.6) is 5.75 Å². The van der Waals surface area contributed by atoms with Crippen molar-refractivity contribution < 1.29 is 19.2 Å². The van der Waals surface area contributed by atoms with Gasteiger partial charge in [-0.25, -0.2) is 4.79 Å². The lowest BCUT2D eigenvalue weighted by Crippen LogP contribution is -2.43. The van der Waals surface area contributed by atoms with Gasteiger partial charge in [-0.1, -0.05) is 11.6 Å². The number of amides is 3. The third kappa shape index (κ3) is 4.09. The van der Waals surface area contributed by atoms with Crippen molar-refractivity contribution in [1.82, 2.24) is 10.6 Å². The van der Waals surface area contributed by atoms with Crippen LogP contribution in [-0.2, 0) is 4.79 Å². The first kappa shape index (κ1) is 15.7. The third-order valence-corrected chi connectivity index (χ3v) is 2.56. The van der Waals surface area contributed by atoms with Gasteiger partial charge in [-0.15, -0.1) is 0 Å². The Kier molecular flexibility index (Phi) is 5.27. The molecule has 108 valence electrons. The summed E-state index contributed by atoms with van der Waals surface area (Å²) in [6.45, 7) is 1.42. The highest BCUT2D eigenvalue weighted by Crippen LogP contribution is 2.28. The van der Waals surface area contributed by atoms with Crippen LogP contribution in [0.15, 0.2) is 18.2 Å². The molecular formula is C11H12ClN3O5. The topological polar surface area (TPSA) is 111 Å². The van der Waals surface area contributed by atoms with Gasteiger partial charge in [0, 0.05) is 19.2 Å². The minimum Gasteiger partial charge on any atom is -0.481 e. The molecule has 3 amide bonds. The lowest BCUT2D eigenvalue weighted by Gasteiger charge is -2.14. The summed E-state index contributed by atoms with van der Waals surface area (Å²) < 4.78 is 5.24. The Morgan fingerprint density at radius 2 is 2.10 bits per heavy atom. The van der Waals surface area contributed by atoms with Gasteiger partial charge in [0.15, 0.2) is 6.10 Å². The van der Waals surface area contributed by atoms with Crippen molar-refractivity contribution in [1.29, 1.82) is 0 Å². The predicted octanol–water partition coefficient (Wildman–Crippen LogP) is 1.47. The number of nitrogens with zero attached hydrogens (tertiary/aromatic N) is 1. The van der Waals surface area contributed by atoms with E-state index in [0.717, 1.165) is 0 Å². The standard InChI is InChI=1S/C11H12ClN3O5/c1-6(10(16)14-11(17)13-2)20-7-3-4-9(15(18)19)8(12)5-7/h3-6H,1-2H3,(H2,13,14,16,17). The van der Waals surface area contributed by atoms with E-state index in [2.05, 4.69) is 5.32 Å². The van der Waals surface area contributed by atoms with Crippen LogP contribution < -0.4 is 15.4 Å². The molecule has 2 N–H and O–H groups in total. The van der Waals surface area contributed by atoms with Gasteiger partial charge >= 0.3 is 6.03 Å². The molecule has 1 rings (SSSR count). The number of nitro benzene ring substituents is 1. The smallest absolute Gasteiger partial charge is 0.321 e. The van der Waals surface area contributed by atoms with Gasteiger partial charge in [-0.05, 0) is 13.0 Å². The van der Waals surface area contributed by atoms with Crippen molar-refractivity contribution in [3.63, 3.8) is 0 Å². The molecule has 1 aromatic carbocycles. The second-order valence-electron chi connectivity index (χ2n) is 3.70. The molecule has 0 bridgehead atoms. The van der Waals surface area contributed by atoms with Crippen molar-refractivity contribution >= 4 is 29.2 Å². The SMILES string of the molecule is CNC(=O)NC(=O)C(C)Oc1ccc([N+](=O)[O-])c(Cl)c1. The van der Waals surface area contributed by atoms with E-state index in [-0.39, 0.29) is 16.5 Å². The van der Waals surface area contributed by atoms with Crippen LogP contribution in [0.1, 0.15) is 6.92 Å². The van der Waals surface area contributed by atoms with E-state index in [1.807, 2.05) is 5.32 Å². The Bertz CT molecular complexity index is 549. The maximum atomic E-state index is 11.5. The van der Waals surface area contributed by atoms with Crippen LogP contribution in [0.3, 0.4) is 0 Å². The van der Waals surface area contributed by atoms with Crippen LogP contribution in [-0.4, -0.2) is 30.0 Å². The number of hydrogen-bond donors (Lipinski definition) is 2. The van der Waals surface area contributed by atoms with Gasteiger partial charge in [0.25, 0.3) is 11.6 Å². The number of urea groups is 1. The van der Waals surface area contributed by atoms with E-state index in [1.54, 1.807) is 0 Å². The summed E-state index contributed by atoms with van der Waals surface area (Å²) in [6.07, 6.45) is -0.968. The number of hydrogen-bond acceptors (Lipinski definition) is 5. The number of rotatable bonds is 4. The molecule has 8 nitrogen and oxygen atoms in total. The summed E-state index contributed by atoms with van der Waals surface area (Å²) in [5.74, 6) is -0.473. The van der Waals surface area contributed by atoms with E-state index >= 15 is 0 Å². The Hall–Kier alpha value is -2.35. The van der Waals surface area contributed by atoms with Crippen molar-refractivity contribution in [2.75, 3.05) is 7.05 Å². The Morgan fingerprint density at radius 3 is 2.60 bits per heavy atom. The van der Waals surface area contributed by atoms with E-state index in [0.29, 0.717) is 0 Å². The zero-order valence-electron chi connectivity index (χ0n) is 10.7. The van der Waals surface area contributed by atoms with Crippen LogP contribution in [0.2, 0.25) is 5.02 Å².